The topological polar surface area (TPSA) is 88.6 Å². The van der Waals surface area contributed by atoms with Crippen LogP contribution in [0.15, 0.2) is 53.4 Å². The van der Waals surface area contributed by atoms with E-state index in [0.29, 0.717) is 11.8 Å². The van der Waals surface area contributed by atoms with Crippen molar-refractivity contribution in [3.05, 3.63) is 54.6 Å². The van der Waals surface area contributed by atoms with Crippen molar-refractivity contribution in [2.75, 3.05) is 18.4 Å². The number of benzene rings is 1. The maximum Gasteiger partial charge on any atom is 0.306 e. The van der Waals surface area contributed by atoms with Gasteiger partial charge in [0.2, 0.25) is 11.9 Å². The molecule has 0 radical (unpaired) electrons. The Morgan fingerprint density at radius 2 is 1.97 bits per heavy atom. The van der Waals surface area contributed by atoms with E-state index in [0.717, 1.165) is 54.1 Å². The Bertz CT molecular complexity index is 1240. The normalized spacial score (nSPS) is 14.8. The molecule has 4 heterocycles. The van der Waals surface area contributed by atoms with Gasteiger partial charge < -0.3 is 14.6 Å². The van der Waals surface area contributed by atoms with Crippen LogP contribution in [0.2, 0.25) is 0 Å². The summed E-state index contributed by atoms with van der Waals surface area (Å²) in [6.07, 6.45) is 6.99. The predicted molar refractivity (Wildman–Crippen MR) is 118 cm³/mol. The van der Waals surface area contributed by atoms with Gasteiger partial charge in [-0.05, 0) is 31.4 Å². The summed E-state index contributed by atoms with van der Waals surface area (Å²) in [4.78, 5) is 27.4. The summed E-state index contributed by atoms with van der Waals surface area (Å²) in [5.41, 5.74) is 4.65. The molecule has 1 aromatic carbocycles. The van der Waals surface area contributed by atoms with Crippen molar-refractivity contribution in [1.82, 2.24) is 24.3 Å². The maximum absolute atomic E-state index is 11.6. The highest BCUT2D eigenvalue weighted by Gasteiger charge is 2.23. The number of oxazole rings is 1. The number of hydrogen-bond acceptors (Lipinski definition) is 6. The number of hydrogen-bond donors (Lipinski definition) is 1. The fourth-order valence-corrected chi connectivity index (χ4v) is 4.14. The molecular weight excluding hydrogens is 392 g/mol. The van der Waals surface area contributed by atoms with E-state index in [9.17, 15) is 4.79 Å². The second kappa shape index (κ2) is 7.86. The van der Waals surface area contributed by atoms with Gasteiger partial charge in [-0.3, -0.25) is 9.20 Å². The van der Waals surface area contributed by atoms with Crippen molar-refractivity contribution in [2.24, 2.45) is 0 Å². The number of anilines is 1. The number of fused-ring (bicyclic) bond motifs is 1. The van der Waals surface area contributed by atoms with Crippen LogP contribution in [0.25, 0.3) is 28.5 Å². The third-order valence-corrected chi connectivity index (χ3v) is 5.83. The zero-order chi connectivity index (χ0) is 21.4. The molecule has 8 nitrogen and oxygen atoms in total. The lowest BCUT2D eigenvalue weighted by molar-refractivity contribution is -0.129. The number of nitrogens with zero attached hydrogens (tertiary/aromatic N) is 5. The minimum absolute atomic E-state index is 0.130. The maximum atomic E-state index is 11.6. The van der Waals surface area contributed by atoms with Gasteiger partial charge in [-0.1, -0.05) is 24.3 Å². The lowest BCUT2D eigenvalue weighted by atomic mass is 10.0. The monoisotopic (exact) mass is 416 g/mol. The van der Waals surface area contributed by atoms with Gasteiger partial charge in [0.15, 0.2) is 0 Å². The van der Waals surface area contributed by atoms with Crippen molar-refractivity contribution >= 4 is 17.7 Å². The van der Waals surface area contributed by atoms with E-state index in [1.807, 2.05) is 33.7 Å². The number of carbonyl (C=O) groups excluding carboxylic acids is 1. The van der Waals surface area contributed by atoms with Gasteiger partial charge in [0.1, 0.15) is 17.7 Å². The fourth-order valence-electron chi connectivity index (χ4n) is 4.14. The van der Waals surface area contributed by atoms with E-state index < -0.39 is 0 Å². The lowest BCUT2D eigenvalue weighted by Crippen LogP contribution is -2.41. The second-order valence-electron chi connectivity index (χ2n) is 7.87. The Hall–Kier alpha value is -3.68. The van der Waals surface area contributed by atoms with Gasteiger partial charge in [0.25, 0.3) is 0 Å². The summed E-state index contributed by atoms with van der Waals surface area (Å²) in [7, 11) is 0. The number of rotatable bonds is 4. The summed E-state index contributed by atoms with van der Waals surface area (Å²) in [6, 6.07) is 10.3. The van der Waals surface area contributed by atoms with Crippen LogP contribution in [-0.4, -0.2) is 49.3 Å². The molecule has 3 aromatic heterocycles. The number of imidazole rings is 1. The first kappa shape index (κ1) is 19.3. The molecule has 0 aliphatic carbocycles. The van der Waals surface area contributed by atoms with Crippen molar-refractivity contribution < 1.29 is 9.21 Å². The van der Waals surface area contributed by atoms with Gasteiger partial charge >= 0.3 is 5.84 Å². The van der Waals surface area contributed by atoms with Crippen LogP contribution in [0.1, 0.15) is 25.3 Å². The van der Waals surface area contributed by atoms with Crippen LogP contribution < -0.4 is 5.32 Å². The zero-order valence-electron chi connectivity index (χ0n) is 17.6. The standard InChI is InChI=1S/C23H24N6O2/c1-15-5-3-4-6-18(15)20-21(29-13-14-31-23(29)27-20)19-7-10-24-22(26-19)25-17-8-11-28(12-9-17)16(2)30/h3-7,10,13-14,17H,8-9,11-12H2,1-2H3,(H,24,25,26). The molecule has 0 unspecified atom stereocenters. The summed E-state index contributed by atoms with van der Waals surface area (Å²) >= 11 is 0. The predicted octanol–water partition coefficient (Wildman–Crippen LogP) is 3.78. The van der Waals surface area contributed by atoms with Crippen LogP contribution >= 0.6 is 0 Å². The molecule has 158 valence electrons. The van der Waals surface area contributed by atoms with Crippen LogP contribution in [0, 0.1) is 6.92 Å². The van der Waals surface area contributed by atoms with Crippen molar-refractivity contribution in [2.45, 2.75) is 32.7 Å². The molecule has 1 aliphatic heterocycles. The third kappa shape index (κ3) is 3.65. The Morgan fingerprint density at radius 1 is 1.16 bits per heavy atom. The van der Waals surface area contributed by atoms with Gasteiger partial charge in [-0.15, -0.1) is 0 Å². The first-order chi connectivity index (χ1) is 15.1. The first-order valence-corrected chi connectivity index (χ1v) is 10.5. The van der Waals surface area contributed by atoms with Crippen molar-refractivity contribution in [3.63, 3.8) is 0 Å². The Labute approximate surface area is 180 Å². The second-order valence-corrected chi connectivity index (χ2v) is 7.87. The summed E-state index contributed by atoms with van der Waals surface area (Å²) in [5, 5.41) is 3.44. The molecule has 0 saturated carbocycles. The lowest BCUT2D eigenvalue weighted by Gasteiger charge is -2.31. The fraction of sp³-hybridized carbons (Fsp3) is 0.304. The van der Waals surface area contributed by atoms with E-state index in [2.05, 4.69) is 29.4 Å². The molecule has 31 heavy (non-hydrogen) atoms. The summed E-state index contributed by atoms with van der Waals surface area (Å²) < 4.78 is 7.48. The van der Waals surface area contributed by atoms with Gasteiger partial charge in [0.05, 0.1) is 5.69 Å². The Morgan fingerprint density at radius 3 is 2.74 bits per heavy atom. The third-order valence-electron chi connectivity index (χ3n) is 5.83. The van der Waals surface area contributed by atoms with Crippen molar-refractivity contribution in [1.29, 1.82) is 0 Å². The highest BCUT2D eigenvalue weighted by atomic mass is 16.3. The highest BCUT2D eigenvalue weighted by molar-refractivity contribution is 5.81. The number of piperidine rings is 1. The molecule has 0 atom stereocenters. The number of amides is 1. The van der Waals surface area contributed by atoms with Gasteiger partial charge in [-0.2, -0.15) is 4.98 Å². The number of carbonyl (C=O) groups is 1. The quantitative estimate of drug-likeness (QED) is 0.545. The van der Waals surface area contributed by atoms with E-state index in [1.54, 1.807) is 19.4 Å². The molecule has 1 amide bonds. The van der Waals surface area contributed by atoms with E-state index >= 15 is 0 Å². The molecular formula is C23H24N6O2. The van der Waals surface area contributed by atoms with E-state index in [4.69, 9.17) is 14.4 Å². The molecule has 5 rings (SSSR count). The largest absolute Gasteiger partial charge is 0.432 e. The van der Waals surface area contributed by atoms with E-state index in [1.165, 1.54) is 0 Å². The van der Waals surface area contributed by atoms with Gasteiger partial charge in [0, 0.05) is 44.0 Å². The smallest absolute Gasteiger partial charge is 0.306 e. The molecule has 1 fully saturated rings. The number of nitrogens with one attached hydrogen (secondary N) is 1. The zero-order valence-corrected chi connectivity index (χ0v) is 17.6. The minimum Gasteiger partial charge on any atom is -0.432 e. The molecule has 1 aliphatic rings. The molecule has 0 bridgehead atoms. The van der Waals surface area contributed by atoms with Crippen LogP contribution in [0.5, 0.6) is 0 Å². The Balaban J connectivity index is 1.48. The molecule has 1 saturated heterocycles. The number of likely N-dealkylation sites (tertiary alicyclic amines) is 1. The molecule has 0 spiro atoms. The SMILES string of the molecule is CC(=O)N1CCC(Nc2nccc(-c3c(-c4ccccc4C)nc4occn34)n2)CC1. The summed E-state index contributed by atoms with van der Waals surface area (Å²) in [5.74, 6) is 1.23. The van der Waals surface area contributed by atoms with Crippen LogP contribution in [-0.2, 0) is 4.79 Å². The molecule has 4 aromatic rings. The average molecular weight is 416 g/mol. The number of aryl methyl sites for hydroxylation is 1. The highest BCUT2D eigenvalue weighted by Crippen LogP contribution is 2.34. The van der Waals surface area contributed by atoms with E-state index in [-0.39, 0.29) is 11.9 Å². The Kier molecular flexibility index (Phi) is 4.89. The number of aromatic nitrogens is 4. The average Bonchev–Trinajstić information content (AvgIpc) is 3.36. The molecule has 8 heteroatoms. The van der Waals surface area contributed by atoms with Crippen LogP contribution in [0.3, 0.4) is 0 Å². The summed E-state index contributed by atoms with van der Waals surface area (Å²) in [6.45, 7) is 5.19. The van der Waals surface area contributed by atoms with Crippen molar-refractivity contribution in [3.8, 4) is 22.6 Å². The molecule has 1 N–H and O–H groups in total. The minimum atomic E-state index is 0.130. The van der Waals surface area contributed by atoms with Gasteiger partial charge in [-0.25, -0.2) is 9.97 Å². The van der Waals surface area contributed by atoms with Crippen LogP contribution in [0.4, 0.5) is 5.95 Å². The first-order valence-electron chi connectivity index (χ1n) is 10.5.